The summed E-state index contributed by atoms with van der Waals surface area (Å²) in [5.74, 6) is -0.0333. The van der Waals surface area contributed by atoms with Gasteiger partial charge >= 0.3 is 0 Å². The van der Waals surface area contributed by atoms with Crippen LogP contribution in [0.25, 0.3) is 0 Å². The van der Waals surface area contributed by atoms with E-state index in [0.29, 0.717) is 18.7 Å². The number of carbonyl (C=O) groups is 1. The van der Waals surface area contributed by atoms with Crippen LogP contribution < -0.4 is 5.32 Å². The first-order valence-corrected chi connectivity index (χ1v) is 5.66. The van der Waals surface area contributed by atoms with Gasteiger partial charge < -0.3 is 5.32 Å². The zero-order valence-electron chi connectivity index (χ0n) is 9.03. The number of carbonyl (C=O) groups excluding carboxylic acids is 1. The Balaban J connectivity index is 1.86. The molecular formula is C12H14N2O2. The fraction of sp³-hybridized carbons (Fsp3) is 0.417. The quantitative estimate of drug-likeness (QED) is 0.775. The molecule has 1 aromatic carbocycles. The summed E-state index contributed by atoms with van der Waals surface area (Å²) in [4.78, 5) is 17.3. The van der Waals surface area contributed by atoms with Gasteiger partial charge in [-0.25, -0.2) is 5.06 Å². The van der Waals surface area contributed by atoms with E-state index in [2.05, 4.69) is 5.32 Å². The van der Waals surface area contributed by atoms with Gasteiger partial charge in [-0.15, -0.1) is 0 Å². The van der Waals surface area contributed by atoms with Crippen LogP contribution in [0.3, 0.4) is 0 Å². The largest absolute Gasteiger partial charge is 0.384 e. The normalized spacial score (nSPS) is 18.4. The Hall–Kier alpha value is -1.55. The van der Waals surface area contributed by atoms with Gasteiger partial charge in [0.15, 0.2) is 0 Å². The maximum Gasteiger partial charge on any atom is 0.277 e. The van der Waals surface area contributed by atoms with Crippen LogP contribution in [0.2, 0.25) is 0 Å². The van der Waals surface area contributed by atoms with Crippen LogP contribution in [0.5, 0.6) is 0 Å². The average molecular weight is 218 g/mol. The number of fused-ring (bicyclic) bond motifs is 1. The van der Waals surface area contributed by atoms with Gasteiger partial charge in [0.2, 0.25) is 0 Å². The fourth-order valence-corrected chi connectivity index (χ4v) is 2.18. The lowest BCUT2D eigenvalue weighted by molar-refractivity contribution is -0.0768. The van der Waals surface area contributed by atoms with E-state index >= 15 is 0 Å². The number of nitrogens with zero attached hydrogens (tertiary/aromatic N) is 1. The van der Waals surface area contributed by atoms with Crippen molar-refractivity contribution in [1.29, 1.82) is 0 Å². The summed E-state index contributed by atoms with van der Waals surface area (Å²) >= 11 is 0. The Morgan fingerprint density at radius 2 is 2.38 bits per heavy atom. The first-order valence-electron chi connectivity index (χ1n) is 5.66. The van der Waals surface area contributed by atoms with Crippen molar-refractivity contribution in [2.24, 2.45) is 0 Å². The summed E-state index contributed by atoms with van der Waals surface area (Å²) in [7, 11) is 0. The summed E-state index contributed by atoms with van der Waals surface area (Å²) in [6.07, 6.45) is 1.97. The number of benzene rings is 1. The molecule has 2 heterocycles. The average Bonchev–Trinajstić information content (AvgIpc) is 2.98. The number of rotatable bonds is 1. The molecule has 1 fully saturated rings. The summed E-state index contributed by atoms with van der Waals surface area (Å²) in [6.45, 7) is 2.31. The van der Waals surface area contributed by atoms with Crippen LogP contribution >= 0.6 is 0 Å². The van der Waals surface area contributed by atoms with Crippen molar-refractivity contribution < 1.29 is 9.63 Å². The van der Waals surface area contributed by atoms with Gasteiger partial charge in [0.25, 0.3) is 5.91 Å². The van der Waals surface area contributed by atoms with Crippen molar-refractivity contribution in [3.05, 3.63) is 29.3 Å². The topological polar surface area (TPSA) is 41.6 Å². The molecule has 0 spiro atoms. The molecule has 1 saturated heterocycles. The first kappa shape index (κ1) is 9.66. The van der Waals surface area contributed by atoms with Crippen molar-refractivity contribution in [2.75, 3.05) is 25.0 Å². The van der Waals surface area contributed by atoms with Crippen molar-refractivity contribution in [2.45, 2.75) is 12.8 Å². The minimum absolute atomic E-state index is 0.0333. The minimum atomic E-state index is -0.0333. The highest BCUT2D eigenvalue weighted by Gasteiger charge is 2.22. The van der Waals surface area contributed by atoms with E-state index in [1.54, 1.807) is 0 Å². The third-order valence-electron chi connectivity index (χ3n) is 3.05. The van der Waals surface area contributed by atoms with E-state index in [9.17, 15) is 4.79 Å². The summed E-state index contributed by atoms with van der Waals surface area (Å²) in [5, 5.41) is 4.73. The fourth-order valence-electron chi connectivity index (χ4n) is 2.18. The van der Waals surface area contributed by atoms with Crippen LogP contribution in [-0.4, -0.2) is 30.7 Å². The highest BCUT2D eigenvalue weighted by molar-refractivity contribution is 5.95. The predicted octanol–water partition coefficient (Wildman–Crippen LogP) is 1.43. The monoisotopic (exact) mass is 218 g/mol. The molecule has 3 rings (SSSR count). The van der Waals surface area contributed by atoms with Gasteiger partial charge in [0, 0.05) is 17.8 Å². The van der Waals surface area contributed by atoms with E-state index in [1.807, 2.05) is 18.2 Å². The third kappa shape index (κ3) is 1.55. The molecule has 4 heteroatoms. The maximum atomic E-state index is 12.0. The predicted molar refractivity (Wildman–Crippen MR) is 60.2 cm³/mol. The molecule has 0 atom stereocenters. The molecule has 0 unspecified atom stereocenters. The Morgan fingerprint density at radius 1 is 1.44 bits per heavy atom. The molecule has 2 aliphatic rings. The van der Waals surface area contributed by atoms with E-state index in [-0.39, 0.29) is 5.91 Å². The number of hydroxylamine groups is 2. The van der Waals surface area contributed by atoms with Gasteiger partial charge in [-0.2, -0.15) is 0 Å². The molecule has 2 aliphatic heterocycles. The van der Waals surface area contributed by atoms with E-state index in [0.717, 1.165) is 25.1 Å². The number of hydrogen-bond acceptors (Lipinski definition) is 3. The maximum absolute atomic E-state index is 12.0. The van der Waals surface area contributed by atoms with Crippen molar-refractivity contribution in [3.8, 4) is 0 Å². The Kier molecular flexibility index (Phi) is 2.29. The second-order valence-corrected chi connectivity index (χ2v) is 4.14. The van der Waals surface area contributed by atoms with E-state index in [1.165, 1.54) is 10.6 Å². The Bertz CT molecular complexity index is 425. The standard InChI is InChI=1S/C12H14N2O2/c15-12(14-6-1-7-16-14)10-3-2-9-4-5-13-11(9)8-10/h2-3,8,13H,1,4-7H2. The van der Waals surface area contributed by atoms with E-state index in [4.69, 9.17) is 4.84 Å². The molecule has 16 heavy (non-hydrogen) atoms. The van der Waals surface area contributed by atoms with Gasteiger partial charge in [-0.3, -0.25) is 9.63 Å². The van der Waals surface area contributed by atoms with Crippen LogP contribution in [0.15, 0.2) is 18.2 Å². The number of amides is 1. The zero-order chi connectivity index (χ0) is 11.0. The molecular weight excluding hydrogens is 204 g/mol. The van der Waals surface area contributed by atoms with Gasteiger partial charge in [0.1, 0.15) is 0 Å². The Labute approximate surface area is 94.1 Å². The Morgan fingerprint density at radius 3 is 3.19 bits per heavy atom. The van der Waals surface area contributed by atoms with Crippen molar-refractivity contribution in [3.63, 3.8) is 0 Å². The molecule has 0 saturated carbocycles. The zero-order valence-corrected chi connectivity index (χ0v) is 9.03. The van der Waals surface area contributed by atoms with Crippen LogP contribution in [0, 0.1) is 0 Å². The lowest BCUT2D eigenvalue weighted by Crippen LogP contribution is -2.26. The molecule has 1 amide bonds. The molecule has 0 bridgehead atoms. The summed E-state index contributed by atoms with van der Waals surface area (Å²) < 4.78 is 0. The molecule has 0 radical (unpaired) electrons. The number of hydrogen-bond donors (Lipinski definition) is 1. The van der Waals surface area contributed by atoms with Gasteiger partial charge in [-0.05, 0) is 30.5 Å². The molecule has 1 N–H and O–H groups in total. The first-order chi connectivity index (χ1) is 7.84. The van der Waals surface area contributed by atoms with Crippen molar-refractivity contribution in [1.82, 2.24) is 5.06 Å². The van der Waals surface area contributed by atoms with Crippen LogP contribution in [0.1, 0.15) is 22.3 Å². The number of anilines is 1. The van der Waals surface area contributed by atoms with Crippen LogP contribution in [0.4, 0.5) is 5.69 Å². The van der Waals surface area contributed by atoms with Gasteiger partial charge in [0.05, 0.1) is 13.2 Å². The molecule has 4 nitrogen and oxygen atoms in total. The highest BCUT2D eigenvalue weighted by atomic mass is 16.7. The molecule has 0 aliphatic carbocycles. The van der Waals surface area contributed by atoms with E-state index < -0.39 is 0 Å². The number of nitrogens with one attached hydrogen (secondary N) is 1. The second-order valence-electron chi connectivity index (χ2n) is 4.14. The lowest BCUT2D eigenvalue weighted by atomic mass is 10.1. The minimum Gasteiger partial charge on any atom is -0.384 e. The highest BCUT2D eigenvalue weighted by Crippen LogP contribution is 2.24. The summed E-state index contributed by atoms with van der Waals surface area (Å²) in [5.41, 5.74) is 3.08. The summed E-state index contributed by atoms with van der Waals surface area (Å²) in [6, 6.07) is 5.83. The second kappa shape index (κ2) is 3.79. The smallest absolute Gasteiger partial charge is 0.277 e. The SMILES string of the molecule is O=C(c1ccc2c(c1)NCC2)N1CCCO1. The van der Waals surface area contributed by atoms with Crippen molar-refractivity contribution >= 4 is 11.6 Å². The molecule has 1 aromatic rings. The van der Waals surface area contributed by atoms with Gasteiger partial charge in [-0.1, -0.05) is 6.07 Å². The van der Waals surface area contributed by atoms with Crippen LogP contribution in [-0.2, 0) is 11.3 Å². The molecule has 0 aromatic heterocycles. The lowest BCUT2D eigenvalue weighted by Gasteiger charge is -2.14. The third-order valence-corrected chi connectivity index (χ3v) is 3.05. The molecule has 84 valence electrons.